The van der Waals surface area contributed by atoms with E-state index in [2.05, 4.69) is 10.6 Å². The SMILES string of the molecule is CCOC(=O)c1cc(NCCC(=O)NC2CC2)ccc1N. The van der Waals surface area contributed by atoms with E-state index in [9.17, 15) is 9.59 Å². The van der Waals surface area contributed by atoms with Crippen molar-refractivity contribution in [2.24, 2.45) is 0 Å². The highest BCUT2D eigenvalue weighted by molar-refractivity contribution is 5.96. The Hall–Kier alpha value is -2.24. The first kappa shape index (κ1) is 15.2. The van der Waals surface area contributed by atoms with E-state index < -0.39 is 5.97 Å². The molecule has 1 aliphatic carbocycles. The summed E-state index contributed by atoms with van der Waals surface area (Å²) in [5.41, 5.74) is 7.23. The molecule has 21 heavy (non-hydrogen) atoms. The number of nitrogens with one attached hydrogen (secondary N) is 2. The number of benzene rings is 1. The average Bonchev–Trinajstić information content (AvgIpc) is 3.24. The summed E-state index contributed by atoms with van der Waals surface area (Å²) in [6.07, 6.45) is 2.57. The van der Waals surface area contributed by atoms with Gasteiger partial charge in [-0.25, -0.2) is 4.79 Å². The molecule has 0 unspecified atom stereocenters. The summed E-state index contributed by atoms with van der Waals surface area (Å²) in [6, 6.07) is 5.45. The minimum absolute atomic E-state index is 0.0473. The van der Waals surface area contributed by atoms with Gasteiger partial charge in [0.15, 0.2) is 0 Å². The first-order valence-corrected chi connectivity index (χ1v) is 7.20. The highest BCUT2D eigenvalue weighted by Crippen LogP contribution is 2.20. The van der Waals surface area contributed by atoms with Crippen molar-refractivity contribution in [3.05, 3.63) is 23.8 Å². The lowest BCUT2D eigenvalue weighted by Crippen LogP contribution is -2.27. The van der Waals surface area contributed by atoms with Crippen molar-refractivity contribution in [3.8, 4) is 0 Å². The van der Waals surface area contributed by atoms with E-state index >= 15 is 0 Å². The van der Waals surface area contributed by atoms with E-state index in [1.165, 1.54) is 0 Å². The Labute approximate surface area is 124 Å². The molecule has 0 aromatic heterocycles. The third-order valence-electron chi connectivity index (χ3n) is 3.17. The Kier molecular flexibility index (Phi) is 5.03. The zero-order chi connectivity index (χ0) is 15.2. The van der Waals surface area contributed by atoms with Crippen molar-refractivity contribution in [3.63, 3.8) is 0 Å². The van der Waals surface area contributed by atoms with Gasteiger partial charge in [-0.2, -0.15) is 0 Å². The standard InChI is InChI=1S/C15H21N3O3/c1-2-21-15(20)12-9-11(5-6-13(12)16)17-8-7-14(19)18-10-3-4-10/h5-6,9-10,17H,2-4,7-8,16H2,1H3,(H,18,19). The van der Waals surface area contributed by atoms with Crippen molar-refractivity contribution in [2.45, 2.75) is 32.2 Å². The zero-order valence-electron chi connectivity index (χ0n) is 12.1. The molecule has 0 saturated heterocycles. The van der Waals surface area contributed by atoms with Gasteiger partial charge in [-0.1, -0.05) is 0 Å². The van der Waals surface area contributed by atoms with E-state index in [0.29, 0.717) is 36.9 Å². The van der Waals surface area contributed by atoms with Crippen LogP contribution in [0.25, 0.3) is 0 Å². The van der Waals surface area contributed by atoms with Crippen molar-refractivity contribution in [1.29, 1.82) is 0 Å². The number of amides is 1. The van der Waals surface area contributed by atoms with Gasteiger partial charge in [0, 0.05) is 30.4 Å². The first-order chi connectivity index (χ1) is 10.1. The van der Waals surface area contributed by atoms with Crippen molar-refractivity contribution in [2.75, 3.05) is 24.2 Å². The van der Waals surface area contributed by atoms with Gasteiger partial charge in [-0.3, -0.25) is 4.79 Å². The molecule has 1 amide bonds. The van der Waals surface area contributed by atoms with Gasteiger partial charge in [0.1, 0.15) is 0 Å². The average molecular weight is 291 g/mol. The Morgan fingerprint density at radius 1 is 1.38 bits per heavy atom. The third kappa shape index (κ3) is 4.66. The number of hydrogen-bond donors (Lipinski definition) is 3. The lowest BCUT2D eigenvalue weighted by molar-refractivity contribution is -0.120. The normalized spacial score (nSPS) is 13.6. The van der Waals surface area contributed by atoms with Gasteiger partial charge in [0.2, 0.25) is 5.91 Å². The molecule has 0 bridgehead atoms. The molecule has 0 atom stereocenters. The van der Waals surface area contributed by atoms with Crippen molar-refractivity contribution >= 4 is 23.3 Å². The molecule has 0 radical (unpaired) electrons. The minimum Gasteiger partial charge on any atom is -0.462 e. The van der Waals surface area contributed by atoms with Crippen LogP contribution in [-0.4, -0.2) is 31.1 Å². The number of anilines is 2. The molecule has 0 heterocycles. The van der Waals surface area contributed by atoms with E-state index in [1.807, 2.05) is 0 Å². The van der Waals surface area contributed by atoms with Crippen LogP contribution in [0.1, 0.15) is 36.5 Å². The van der Waals surface area contributed by atoms with Gasteiger partial charge in [-0.15, -0.1) is 0 Å². The number of esters is 1. The summed E-state index contributed by atoms with van der Waals surface area (Å²) in [6.45, 7) is 2.55. The predicted octanol–water partition coefficient (Wildman–Crippen LogP) is 1.53. The van der Waals surface area contributed by atoms with Crippen molar-refractivity contribution in [1.82, 2.24) is 5.32 Å². The van der Waals surface area contributed by atoms with Crippen LogP contribution < -0.4 is 16.4 Å². The maximum atomic E-state index is 11.7. The van der Waals surface area contributed by atoms with Gasteiger partial charge in [0.05, 0.1) is 12.2 Å². The maximum absolute atomic E-state index is 11.7. The number of nitrogen functional groups attached to an aromatic ring is 1. The van der Waals surface area contributed by atoms with Gasteiger partial charge in [0.25, 0.3) is 0 Å². The quantitative estimate of drug-likeness (QED) is 0.523. The number of hydrogen-bond acceptors (Lipinski definition) is 5. The summed E-state index contributed by atoms with van der Waals surface area (Å²) in [4.78, 5) is 23.3. The maximum Gasteiger partial charge on any atom is 0.340 e. The number of carbonyl (C=O) groups excluding carboxylic acids is 2. The summed E-state index contributed by atoms with van der Waals surface area (Å²) in [5.74, 6) is -0.392. The minimum atomic E-state index is -0.440. The second-order valence-electron chi connectivity index (χ2n) is 5.04. The van der Waals surface area contributed by atoms with Gasteiger partial charge >= 0.3 is 5.97 Å². The lowest BCUT2D eigenvalue weighted by atomic mass is 10.1. The van der Waals surface area contributed by atoms with Crippen LogP contribution >= 0.6 is 0 Å². The largest absolute Gasteiger partial charge is 0.462 e. The number of carbonyl (C=O) groups is 2. The van der Waals surface area contributed by atoms with Gasteiger partial charge < -0.3 is 21.1 Å². The fourth-order valence-corrected chi connectivity index (χ4v) is 1.90. The number of ether oxygens (including phenoxy) is 1. The predicted molar refractivity (Wildman–Crippen MR) is 81.1 cm³/mol. The van der Waals surface area contributed by atoms with Crippen LogP contribution in [-0.2, 0) is 9.53 Å². The molecule has 114 valence electrons. The highest BCUT2D eigenvalue weighted by atomic mass is 16.5. The third-order valence-corrected chi connectivity index (χ3v) is 3.17. The Bertz CT molecular complexity index is 527. The monoisotopic (exact) mass is 291 g/mol. The molecule has 4 N–H and O–H groups in total. The molecular formula is C15H21N3O3. The van der Waals surface area contributed by atoms with Crippen molar-refractivity contribution < 1.29 is 14.3 Å². The molecule has 0 spiro atoms. The Balaban J connectivity index is 1.86. The second-order valence-corrected chi connectivity index (χ2v) is 5.04. The van der Waals surface area contributed by atoms with Crippen LogP contribution in [0.3, 0.4) is 0 Å². The molecule has 6 nitrogen and oxygen atoms in total. The zero-order valence-corrected chi connectivity index (χ0v) is 12.1. The number of rotatable bonds is 7. The summed E-state index contributed by atoms with van der Waals surface area (Å²) >= 11 is 0. The van der Waals surface area contributed by atoms with Crippen LogP contribution in [0.4, 0.5) is 11.4 Å². The van der Waals surface area contributed by atoms with Crippen LogP contribution in [0.2, 0.25) is 0 Å². The van der Waals surface area contributed by atoms with Crippen LogP contribution in [0.5, 0.6) is 0 Å². The number of nitrogens with two attached hydrogens (primary N) is 1. The molecule has 1 fully saturated rings. The molecule has 0 aliphatic heterocycles. The Morgan fingerprint density at radius 3 is 2.81 bits per heavy atom. The van der Waals surface area contributed by atoms with E-state index in [4.69, 9.17) is 10.5 Å². The summed E-state index contributed by atoms with van der Waals surface area (Å²) in [5, 5.41) is 6.03. The molecule has 1 aromatic rings. The van der Waals surface area contributed by atoms with E-state index in [0.717, 1.165) is 18.5 Å². The van der Waals surface area contributed by atoms with Crippen LogP contribution in [0, 0.1) is 0 Å². The molecule has 1 aliphatic rings. The Morgan fingerprint density at radius 2 is 2.14 bits per heavy atom. The summed E-state index contributed by atoms with van der Waals surface area (Å²) < 4.78 is 4.95. The lowest BCUT2D eigenvalue weighted by Gasteiger charge is -2.10. The molecule has 6 heteroatoms. The molecule has 1 saturated carbocycles. The first-order valence-electron chi connectivity index (χ1n) is 7.20. The fourth-order valence-electron chi connectivity index (χ4n) is 1.90. The van der Waals surface area contributed by atoms with E-state index in [-0.39, 0.29) is 5.91 Å². The topological polar surface area (TPSA) is 93.4 Å². The molecule has 2 rings (SSSR count). The fraction of sp³-hybridized carbons (Fsp3) is 0.467. The highest BCUT2D eigenvalue weighted by Gasteiger charge is 2.22. The molecule has 1 aromatic carbocycles. The smallest absolute Gasteiger partial charge is 0.340 e. The summed E-state index contributed by atoms with van der Waals surface area (Å²) in [7, 11) is 0. The van der Waals surface area contributed by atoms with Gasteiger partial charge in [-0.05, 0) is 38.0 Å². The van der Waals surface area contributed by atoms with E-state index in [1.54, 1.807) is 25.1 Å². The van der Waals surface area contributed by atoms with Crippen LogP contribution in [0.15, 0.2) is 18.2 Å². The second kappa shape index (κ2) is 6.97. The molecular weight excluding hydrogens is 270 g/mol.